The van der Waals surface area contributed by atoms with E-state index >= 15 is 0 Å². The molecule has 44 heavy (non-hydrogen) atoms. The number of fused-ring (bicyclic) bond motifs is 1. The first-order chi connectivity index (χ1) is 20.9. The maximum absolute atomic E-state index is 14.1. The first-order valence-corrected chi connectivity index (χ1v) is 14.6. The number of aromatic nitrogens is 6. The second kappa shape index (κ2) is 13.4. The third-order valence-corrected chi connectivity index (χ3v) is 8.47. The van der Waals surface area contributed by atoms with Gasteiger partial charge in [0, 0.05) is 23.6 Å². The number of nitrogens with one attached hydrogen (secondary N) is 2. The first kappa shape index (κ1) is 30.8. The Kier molecular flexibility index (Phi) is 9.36. The normalized spacial score (nSPS) is 17.1. The number of anilines is 1. The predicted molar refractivity (Wildman–Crippen MR) is 172 cm³/mol. The largest absolute Gasteiger partial charge is 0.368 e. The minimum absolute atomic E-state index is 0. The van der Waals surface area contributed by atoms with E-state index in [1.165, 1.54) is 0 Å². The molecule has 3 aromatic carbocycles. The fourth-order valence-corrected chi connectivity index (χ4v) is 6.05. The van der Waals surface area contributed by atoms with Crippen LogP contribution in [-0.4, -0.2) is 55.0 Å². The Labute approximate surface area is 261 Å². The molecule has 0 radical (unpaired) electrons. The van der Waals surface area contributed by atoms with Crippen LogP contribution >= 0.6 is 12.4 Å². The monoisotopic (exact) mass is 613 g/mol. The van der Waals surface area contributed by atoms with Crippen LogP contribution in [0, 0.1) is 18.8 Å². The van der Waals surface area contributed by atoms with Crippen molar-refractivity contribution in [3.63, 3.8) is 0 Å². The maximum atomic E-state index is 14.1. The second-order valence-corrected chi connectivity index (χ2v) is 11.3. The summed E-state index contributed by atoms with van der Waals surface area (Å²) >= 11 is 0. The van der Waals surface area contributed by atoms with E-state index in [-0.39, 0.29) is 30.7 Å². The number of benzene rings is 3. The topological polar surface area (TPSA) is 173 Å². The molecular formula is C32H36ClN9O2. The fourth-order valence-electron chi connectivity index (χ4n) is 6.05. The lowest BCUT2D eigenvalue weighted by molar-refractivity contribution is -0.127. The smallest absolute Gasteiger partial charge is 0.240 e. The van der Waals surface area contributed by atoms with Gasteiger partial charge in [0.05, 0.1) is 11.0 Å². The second-order valence-electron chi connectivity index (χ2n) is 11.3. The van der Waals surface area contributed by atoms with Crippen molar-refractivity contribution < 1.29 is 9.59 Å². The van der Waals surface area contributed by atoms with Crippen molar-refractivity contribution in [2.24, 2.45) is 23.3 Å². The van der Waals surface area contributed by atoms with Gasteiger partial charge < -0.3 is 16.5 Å². The van der Waals surface area contributed by atoms with Crippen LogP contribution in [0.5, 0.6) is 0 Å². The van der Waals surface area contributed by atoms with E-state index < -0.39 is 11.9 Å². The number of hydrogen-bond acceptors (Lipinski definition) is 7. The van der Waals surface area contributed by atoms with E-state index in [4.69, 9.17) is 11.5 Å². The summed E-state index contributed by atoms with van der Waals surface area (Å²) in [5, 5.41) is 14.1. The molecule has 2 aromatic heterocycles. The molecule has 0 saturated heterocycles. The Bertz CT molecular complexity index is 1710. The van der Waals surface area contributed by atoms with E-state index in [2.05, 4.69) is 42.7 Å². The number of carbonyl (C=O) groups excluding carboxylic acids is 2. The van der Waals surface area contributed by atoms with Crippen molar-refractivity contribution in [2.45, 2.75) is 45.1 Å². The van der Waals surface area contributed by atoms with E-state index in [0.717, 1.165) is 64.8 Å². The van der Waals surface area contributed by atoms with Crippen LogP contribution in [0.3, 0.4) is 0 Å². The van der Waals surface area contributed by atoms with Crippen molar-refractivity contribution in [2.75, 3.05) is 11.4 Å². The van der Waals surface area contributed by atoms with Crippen LogP contribution in [0.2, 0.25) is 0 Å². The van der Waals surface area contributed by atoms with Crippen LogP contribution in [0.4, 0.5) is 5.69 Å². The van der Waals surface area contributed by atoms with Gasteiger partial charge in [0.15, 0.2) is 0 Å². The van der Waals surface area contributed by atoms with Crippen LogP contribution < -0.4 is 16.4 Å². The van der Waals surface area contributed by atoms with E-state index in [1.54, 1.807) is 17.0 Å². The lowest BCUT2D eigenvalue weighted by Gasteiger charge is -2.35. The lowest BCUT2D eigenvalue weighted by atomic mass is 9.81. The minimum atomic E-state index is -0.870. The molecule has 12 heteroatoms. The van der Waals surface area contributed by atoms with Gasteiger partial charge in [-0.25, -0.2) is 4.98 Å². The molecule has 1 aliphatic carbocycles. The highest BCUT2D eigenvalue weighted by atomic mass is 35.5. The van der Waals surface area contributed by atoms with Gasteiger partial charge in [0.1, 0.15) is 11.9 Å². The zero-order valence-corrected chi connectivity index (χ0v) is 25.3. The fraction of sp³-hybridized carbons (Fsp3) is 0.312. The summed E-state index contributed by atoms with van der Waals surface area (Å²) in [7, 11) is 0. The molecule has 1 fully saturated rings. The quantitative estimate of drug-likeness (QED) is 0.191. The van der Waals surface area contributed by atoms with E-state index in [9.17, 15) is 9.59 Å². The van der Waals surface area contributed by atoms with E-state index in [1.807, 2.05) is 49.4 Å². The van der Waals surface area contributed by atoms with Crippen molar-refractivity contribution in [1.82, 2.24) is 30.6 Å². The van der Waals surface area contributed by atoms with E-state index in [0.29, 0.717) is 24.0 Å². The molecule has 0 spiro atoms. The van der Waals surface area contributed by atoms with Gasteiger partial charge >= 0.3 is 0 Å². The highest BCUT2D eigenvalue weighted by molar-refractivity contribution is 6.01. The number of primary amides is 1. The van der Waals surface area contributed by atoms with Gasteiger partial charge in [-0.15, -0.1) is 22.6 Å². The first-order valence-electron chi connectivity index (χ1n) is 14.6. The Morgan fingerprint density at radius 1 is 0.955 bits per heavy atom. The number of tetrazole rings is 1. The number of nitrogens with zero attached hydrogens (tertiary/aromatic N) is 5. The van der Waals surface area contributed by atoms with Gasteiger partial charge in [-0.1, -0.05) is 30.3 Å². The summed E-state index contributed by atoms with van der Waals surface area (Å²) in [5.74, 6) is 0.883. The highest BCUT2D eigenvalue weighted by Gasteiger charge is 2.36. The molecule has 2 amide bonds. The van der Waals surface area contributed by atoms with Crippen LogP contribution in [0.25, 0.3) is 33.5 Å². The highest BCUT2D eigenvalue weighted by Crippen LogP contribution is 2.33. The Morgan fingerprint density at radius 3 is 2.27 bits per heavy atom. The number of amides is 2. The number of carbonyl (C=O) groups is 2. The molecule has 1 atom stereocenters. The van der Waals surface area contributed by atoms with Gasteiger partial charge in [-0.05, 0) is 103 Å². The molecule has 5 aromatic rings. The molecule has 2 heterocycles. The molecule has 11 nitrogen and oxygen atoms in total. The van der Waals surface area contributed by atoms with Gasteiger partial charge in [-0.3, -0.25) is 14.5 Å². The SMILES string of the molecule is Cc1nc2cc(-c3ccc(C[C@@H](C(N)=O)N(c4ccc(-c5nn[nH]n5)cc4)C(=O)[C@H]4CC[C@H](CN)CC4)cc3)ccc2[nH]1.Cl. The summed E-state index contributed by atoms with van der Waals surface area (Å²) in [6, 6.07) is 20.5. The number of imidazole rings is 1. The van der Waals surface area contributed by atoms with Gasteiger partial charge in [0.25, 0.3) is 0 Å². The number of hydrogen-bond donors (Lipinski definition) is 4. The Balaban J connectivity index is 0.00000384. The average Bonchev–Trinajstić information content (AvgIpc) is 3.70. The number of aryl methyl sites for hydroxylation is 1. The summed E-state index contributed by atoms with van der Waals surface area (Å²) in [6.45, 7) is 2.56. The Hall–Kier alpha value is -4.61. The third kappa shape index (κ3) is 6.48. The summed E-state index contributed by atoms with van der Waals surface area (Å²) in [6.07, 6.45) is 3.54. The molecule has 0 unspecified atom stereocenters. The number of aromatic amines is 2. The van der Waals surface area contributed by atoms with Crippen molar-refractivity contribution >= 4 is 40.9 Å². The number of halogens is 1. The van der Waals surface area contributed by atoms with Gasteiger partial charge in [0.2, 0.25) is 17.6 Å². The third-order valence-electron chi connectivity index (χ3n) is 8.47. The molecule has 6 rings (SSSR count). The lowest BCUT2D eigenvalue weighted by Crippen LogP contribution is -2.52. The summed E-state index contributed by atoms with van der Waals surface area (Å²) < 4.78 is 0. The molecule has 1 aliphatic rings. The maximum Gasteiger partial charge on any atom is 0.240 e. The standard InChI is InChI=1S/C32H35N9O2.ClH/c1-19-35-27-15-12-25(17-28(27)36-19)22-6-2-20(3-7-22)16-29(30(34)42)41(32(43)24-8-4-21(18-33)5-9-24)26-13-10-23(11-14-26)31-37-39-40-38-31;/h2-3,6-7,10-15,17,21,24,29H,4-5,8-9,16,18,33H2,1H3,(H2,34,42)(H,35,36)(H,37,38,39,40);1H/t21-,24-,29-;/m0./s1. The van der Waals surface area contributed by atoms with Gasteiger partial charge in [-0.2, -0.15) is 5.21 Å². The van der Waals surface area contributed by atoms with Crippen LogP contribution in [0.15, 0.2) is 66.7 Å². The molecule has 0 aliphatic heterocycles. The van der Waals surface area contributed by atoms with Crippen LogP contribution in [-0.2, 0) is 16.0 Å². The zero-order chi connectivity index (χ0) is 29.9. The summed E-state index contributed by atoms with van der Waals surface area (Å²) in [4.78, 5) is 36.6. The molecule has 0 bridgehead atoms. The average molecular weight is 614 g/mol. The van der Waals surface area contributed by atoms with Crippen molar-refractivity contribution in [1.29, 1.82) is 0 Å². The van der Waals surface area contributed by atoms with Crippen molar-refractivity contribution in [3.8, 4) is 22.5 Å². The zero-order valence-electron chi connectivity index (χ0n) is 24.4. The predicted octanol–water partition coefficient (Wildman–Crippen LogP) is 4.33. The number of H-pyrrole nitrogens is 2. The summed E-state index contributed by atoms with van der Waals surface area (Å²) in [5.41, 5.74) is 18.1. The molecule has 228 valence electrons. The molecule has 6 N–H and O–H groups in total. The van der Waals surface area contributed by atoms with Crippen molar-refractivity contribution in [3.05, 3.63) is 78.1 Å². The molecular weight excluding hydrogens is 578 g/mol. The molecule has 1 saturated carbocycles. The Morgan fingerprint density at radius 2 is 1.64 bits per heavy atom. The number of rotatable bonds is 9. The van der Waals surface area contributed by atoms with Crippen LogP contribution in [0.1, 0.15) is 37.1 Å². The number of nitrogens with two attached hydrogens (primary N) is 2. The minimum Gasteiger partial charge on any atom is -0.368 e.